The molecule has 0 spiro atoms. The van der Waals surface area contributed by atoms with Gasteiger partial charge in [-0.15, -0.1) is 0 Å². The molecule has 1 amide bonds. The third-order valence-electron chi connectivity index (χ3n) is 6.06. The number of carbonyl (C=O) groups excluding carboxylic acids is 1. The van der Waals surface area contributed by atoms with Crippen LogP contribution in [0.1, 0.15) is 40.9 Å². The maximum atomic E-state index is 13.1. The van der Waals surface area contributed by atoms with Crippen molar-refractivity contribution in [1.82, 2.24) is 10.3 Å². The Morgan fingerprint density at radius 3 is 2.27 bits per heavy atom. The Kier molecular flexibility index (Phi) is 8.87. The number of carboxylic acids is 1. The minimum absolute atomic E-state index is 0.0162. The van der Waals surface area contributed by atoms with E-state index in [9.17, 15) is 19.8 Å². The Balaban J connectivity index is 1.65. The fraction of sp³-hybridized carbons (Fsp3) is 0.161. The summed E-state index contributed by atoms with van der Waals surface area (Å²) in [6.07, 6.45) is 1.55. The lowest BCUT2D eigenvalue weighted by atomic mass is 9.94. The number of rotatable bonds is 6. The fourth-order valence-electron chi connectivity index (χ4n) is 4.17. The zero-order chi connectivity index (χ0) is 29.9. The Morgan fingerprint density at radius 1 is 1.00 bits per heavy atom. The van der Waals surface area contributed by atoms with Gasteiger partial charge in [-0.3, -0.25) is 9.78 Å². The molecule has 206 valence electrons. The molecule has 4 rings (SSSR count). The van der Waals surface area contributed by atoms with Gasteiger partial charge in [0.05, 0.1) is 32.8 Å². The van der Waals surface area contributed by atoms with E-state index in [1.54, 1.807) is 48.7 Å². The van der Waals surface area contributed by atoms with Crippen LogP contribution in [-0.2, 0) is 11.2 Å². The van der Waals surface area contributed by atoms with Crippen LogP contribution in [0.5, 0.6) is 0 Å². The van der Waals surface area contributed by atoms with Crippen LogP contribution in [0.3, 0.4) is 0 Å². The van der Waals surface area contributed by atoms with Gasteiger partial charge in [-0.25, -0.2) is 4.79 Å². The monoisotopic (exact) mass is 605 g/mol. The molecule has 0 saturated carbocycles. The molecule has 1 aromatic heterocycles. The Morgan fingerprint density at radius 2 is 1.66 bits per heavy atom. The van der Waals surface area contributed by atoms with Gasteiger partial charge < -0.3 is 15.5 Å². The number of aliphatic hydroxyl groups is 1. The molecule has 0 bridgehead atoms. The topological polar surface area (TPSA) is 123 Å². The summed E-state index contributed by atoms with van der Waals surface area (Å²) >= 11 is 19.1. The molecule has 4 aromatic rings. The third-order valence-corrected chi connectivity index (χ3v) is 6.97. The first-order valence-corrected chi connectivity index (χ1v) is 13.4. The maximum Gasteiger partial charge on any atom is 0.326 e. The summed E-state index contributed by atoms with van der Waals surface area (Å²) in [6.45, 7) is 3.04. The van der Waals surface area contributed by atoms with Crippen molar-refractivity contribution >= 4 is 57.6 Å². The molecule has 1 atom stereocenters. The third kappa shape index (κ3) is 6.97. The summed E-state index contributed by atoms with van der Waals surface area (Å²) in [4.78, 5) is 29.9. The summed E-state index contributed by atoms with van der Waals surface area (Å²) in [7, 11) is 0. The largest absolute Gasteiger partial charge is 0.480 e. The van der Waals surface area contributed by atoms with Gasteiger partial charge >= 0.3 is 5.97 Å². The highest BCUT2D eigenvalue weighted by Crippen LogP contribution is 2.35. The van der Waals surface area contributed by atoms with Crippen molar-refractivity contribution in [2.45, 2.75) is 31.9 Å². The number of nitrogens with zero attached hydrogens (tertiary/aromatic N) is 2. The van der Waals surface area contributed by atoms with Gasteiger partial charge in [0.2, 0.25) is 0 Å². The van der Waals surface area contributed by atoms with Crippen LogP contribution in [0, 0.1) is 23.2 Å². The summed E-state index contributed by atoms with van der Waals surface area (Å²) in [5, 5.41) is 32.5. The highest BCUT2D eigenvalue weighted by atomic mass is 35.5. The average Bonchev–Trinajstić information content (AvgIpc) is 2.91. The average molecular weight is 607 g/mol. The van der Waals surface area contributed by atoms with E-state index in [0.29, 0.717) is 43.7 Å². The first-order chi connectivity index (χ1) is 19.4. The van der Waals surface area contributed by atoms with E-state index in [1.165, 1.54) is 26.0 Å². The molecule has 0 saturated heterocycles. The zero-order valence-corrected chi connectivity index (χ0v) is 24.1. The van der Waals surface area contributed by atoms with E-state index in [2.05, 4.69) is 28.2 Å². The van der Waals surface area contributed by atoms with Crippen molar-refractivity contribution in [3.8, 4) is 29.0 Å². The van der Waals surface area contributed by atoms with E-state index in [-0.39, 0.29) is 22.0 Å². The number of pyridine rings is 1. The molecule has 0 aliphatic rings. The molecule has 41 heavy (non-hydrogen) atoms. The van der Waals surface area contributed by atoms with Gasteiger partial charge in [0.25, 0.3) is 5.91 Å². The standard InChI is InChI=1S/C31H22Cl3N3O4/c1-31(2,41)10-9-17-12-24(33)27(25(34)13-17)29(38)37-26(30(39)40)15-19-6-8-22(28-20(19)4-3-11-36-28)21-7-5-18(16-35)14-23(21)32/h3-8,11-14,26,41H,15H2,1-2H3,(H,37,38)(H,39,40). The van der Waals surface area contributed by atoms with Crippen molar-refractivity contribution < 1.29 is 19.8 Å². The quantitative estimate of drug-likeness (QED) is 0.222. The lowest BCUT2D eigenvalue weighted by Crippen LogP contribution is -2.42. The van der Waals surface area contributed by atoms with Crippen molar-refractivity contribution in [3.05, 3.63) is 98.1 Å². The van der Waals surface area contributed by atoms with E-state index in [0.717, 1.165) is 0 Å². The van der Waals surface area contributed by atoms with Gasteiger partial charge in [0, 0.05) is 39.7 Å². The molecule has 10 heteroatoms. The number of nitriles is 1. The van der Waals surface area contributed by atoms with Crippen LogP contribution in [0.2, 0.25) is 15.1 Å². The number of amides is 1. The molecule has 0 aliphatic carbocycles. The van der Waals surface area contributed by atoms with Crippen LogP contribution in [0.4, 0.5) is 0 Å². The fourth-order valence-corrected chi connectivity index (χ4v) is 5.11. The van der Waals surface area contributed by atoms with Gasteiger partial charge in [-0.05, 0) is 49.7 Å². The zero-order valence-electron chi connectivity index (χ0n) is 21.8. The number of fused-ring (bicyclic) bond motifs is 1. The number of hydrogen-bond donors (Lipinski definition) is 3. The summed E-state index contributed by atoms with van der Waals surface area (Å²) in [5.41, 5.74) is 2.07. The van der Waals surface area contributed by atoms with Crippen molar-refractivity contribution in [1.29, 1.82) is 5.26 Å². The molecule has 0 aliphatic heterocycles. The van der Waals surface area contributed by atoms with Crippen LogP contribution in [0.25, 0.3) is 22.0 Å². The lowest BCUT2D eigenvalue weighted by molar-refractivity contribution is -0.139. The second-order valence-corrected chi connectivity index (χ2v) is 10.9. The van der Waals surface area contributed by atoms with Crippen LogP contribution in [0.15, 0.2) is 60.8 Å². The molecule has 0 radical (unpaired) electrons. The first-order valence-electron chi connectivity index (χ1n) is 12.2. The van der Waals surface area contributed by atoms with E-state index >= 15 is 0 Å². The normalized spacial score (nSPS) is 11.7. The van der Waals surface area contributed by atoms with Crippen LogP contribution in [-0.4, -0.2) is 38.7 Å². The molecule has 7 nitrogen and oxygen atoms in total. The number of nitrogens with one attached hydrogen (secondary N) is 1. The molecular weight excluding hydrogens is 585 g/mol. The number of hydrogen-bond acceptors (Lipinski definition) is 5. The number of aromatic nitrogens is 1. The first kappa shape index (κ1) is 29.9. The van der Waals surface area contributed by atoms with Crippen molar-refractivity contribution in [2.75, 3.05) is 0 Å². The lowest BCUT2D eigenvalue weighted by Gasteiger charge is -2.18. The Hall–Kier alpha value is -4.11. The van der Waals surface area contributed by atoms with E-state index in [4.69, 9.17) is 40.1 Å². The SMILES string of the molecule is CC(C)(O)C#Cc1cc(Cl)c(C(=O)NC(Cc2ccc(-c3ccc(C#N)cc3Cl)c3ncccc23)C(=O)O)c(Cl)c1. The molecular formula is C31H22Cl3N3O4. The van der Waals surface area contributed by atoms with Crippen LogP contribution >= 0.6 is 34.8 Å². The van der Waals surface area contributed by atoms with Gasteiger partial charge in [-0.1, -0.05) is 70.9 Å². The Bertz CT molecular complexity index is 1770. The highest BCUT2D eigenvalue weighted by Gasteiger charge is 2.25. The number of halogens is 3. The summed E-state index contributed by atoms with van der Waals surface area (Å²) < 4.78 is 0. The van der Waals surface area contributed by atoms with Crippen molar-refractivity contribution in [3.63, 3.8) is 0 Å². The summed E-state index contributed by atoms with van der Waals surface area (Å²) in [5.74, 6) is 3.36. The highest BCUT2D eigenvalue weighted by molar-refractivity contribution is 6.40. The second-order valence-electron chi connectivity index (χ2n) is 9.67. The number of carbonyl (C=O) groups is 2. The number of aliphatic carboxylic acids is 1. The van der Waals surface area contributed by atoms with Crippen LogP contribution < -0.4 is 5.32 Å². The Labute approximate surface area is 251 Å². The smallest absolute Gasteiger partial charge is 0.326 e. The number of carboxylic acid groups (broad SMARTS) is 1. The molecule has 3 aromatic carbocycles. The van der Waals surface area contributed by atoms with Gasteiger partial charge in [0.15, 0.2) is 0 Å². The van der Waals surface area contributed by atoms with E-state index in [1.807, 2.05) is 0 Å². The molecule has 3 N–H and O–H groups in total. The number of benzene rings is 3. The molecule has 1 unspecified atom stereocenters. The molecule has 0 fully saturated rings. The minimum atomic E-state index is -1.32. The minimum Gasteiger partial charge on any atom is -0.480 e. The summed E-state index contributed by atoms with van der Waals surface area (Å²) in [6, 6.07) is 15.6. The predicted molar refractivity (Wildman–Crippen MR) is 159 cm³/mol. The molecule has 1 heterocycles. The van der Waals surface area contributed by atoms with Gasteiger partial charge in [-0.2, -0.15) is 5.26 Å². The van der Waals surface area contributed by atoms with Crippen molar-refractivity contribution in [2.24, 2.45) is 0 Å². The van der Waals surface area contributed by atoms with E-state index < -0.39 is 23.5 Å². The van der Waals surface area contributed by atoms with Gasteiger partial charge in [0.1, 0.15) is 11.6 Å². The second kappa shape index (κ2) is 12.2. The predicted octanol–water partition coefficient (Wildman–Crippen LogP) is 6.28. The maximum absolute atomic E-state index is 13.1.